The van der Waals surface area contributed by atoms with Crippen LogP contribution in [0.4, 0.5) is 0 Å². The van der Waals surface area contributed by atoms with Crippen LogP contribution in [0.25, 0.3) is 0 Å². The second kappa shape index (κ2) is 8.14. The maximum absolute atomic E-state index is 9.80. The standard InChI is InChI=1S/C13H20BrNOS/c1-10(2)7-15-8-12(16)9-17-13-5-3-4-11(14)6-13/h3-6,10,12,15-16H,7-9H2,1-2H3. The predicted octanol–water partition coefficient (Wildman–Crippen LogP) is 3.15. The van der Waals surface area contributed by atoms with E-state index in [0.717, 1.165) is 16.8 Å². The van der Waals surface area contributed by atoms with Crippen molar-refractivity contribution >= 4 is 27.7 Å². The van der Waals surface area contributed by atoms with Crippen molar-refractivity contribution in [3.05, 3.63) is 28.7 Å². The fraction of sp³-hybridized carbons (Fsp3) is 0.538. The summed E-state index contributed by atoms with van der Waals surface area (Å²) >= 11 is 5.12. The molecule has 0 bridgehead atoms. The van der Waals surface area contributed by atoms with E-state index in [4.69, 9.17) is 0 Å². The van der Waals surface area contributed by atoms with E-state index in [1.165, 1.54) is 4.90 Å². The molecule has 0 aromatic heterocycles. The van der Waals surface area contributed by atoms with Gasteiger partial charge in [0.15, 0.2) is 0 Å². The Labute approximate surface area is 116 Å². The van der Waals surface area contributed by atoms with Gasteiger partial charge in [0, 0.05) is 21.7 Å². The molecule has 0 aliphatic rings. The molecule has 1 aromatic rings. The minimum absolute atomic E-state index is 0.294. The zero-order valence-corrected chi connectivity index (χ0v) is 12.7. The normalized spacial score (nSPS) is 13.0. The fourth-order valence-electron chi connectivity index (χ4n) is 1.35. The first-order valence-corrected chi connectivity index (χ1v) is 7.63. The molecular formula is C13H20BrNOS. The van der Waals surface area contributed by atoms with Gasteiger partial charge < -0.3 is 10.4 Å². The van der Waals surface area contributed by atoms with Crippen LogP contribution < -0.4 is 5.32 Å². The zero-order valence-electron chi connectivity index (χ0n) is 10.3. The Kier molecular flexibility index (Phi) is 7.19. The average Bonchev–Trinajstić information content (AvgIpc) is 2.26. The summed E-state index contributed by atoms with van der Waals surface area (Å²) in [6, 6.07) is 8.14. The van der Waals surface area contributed by atoms with E-state index in [1.807, 2.05) is 12.1 Å². The van der Waals surface area contributed by atoms with Gasteiger partial charge in [0.05, 0.1) is 6.10 Å². The van der Waals surface area contributed by atoms with Crippen molar-refractivity contribution in [1.29, 1.82) is 0 Å². The van der Waals surface area contributed by atoms with E-state index in [1.54, 1.807) is 11.8 Å². The molecule has 1 atom stereocenters. The number of hydrogen-bond acceptors (Lipinski definition) is 3. The summed E-state index contributed by atoms with van der Waals surface area (Å²) in [6.07, 6.45) is -0.294. The average molecular weight is 318 g/mol. The second-order valence-corrected chi connectivity index (χ2v) is 6.48. The Hall–Kier alpha value is -0.0300. The summed E-state index contributed by atoms with van der Waals surface area (Å²) in [5.74, 6) is 1.35. The molecule has 1 unspecified atom stereocenters. The van der Waals surface area contributed by atoms with Gasteiger partial charge in [-0.2, -0.15) is 0 Å². The molecule has 4 heteroatoms. The number of benzene rings is 1. The summed E-state index contributed by atoms with van der Waals surface area (Å²) < 4.78 is 1.08. The van der Waals surface area contributed by atoms with E-state index >= 15 is 0 Å². The highest BCUT2D eigenvalue weighted by Crippen LogP contribution is 2.22. The lowest BCUT2D eigenvalue weighted by Crippen LogP contribution is -2.30. The molecule has 0 saturated heterocycles. The molecule has 0 fully saturated rings. The van der Waals surface area contributed by atoms with Gasteiger partial charge in [-0.15, -0.1) is 11.8 Å². The molecule has 0 heterocycles. The van der Waals surface area contributed by atoms with E-state index in [9.17, 15) is 5.11 Å². The van der Waals surface area contributed by atoms with Gasteiger partial charge in [-0.1, -0.05) is 35.8 Å². The Morgan fingerprint density at radius 2 is 2.12 bits per heavy atom. The molecular weight excluding hydrogens is 298 g/mol. The topological polar surface area (TPSA) is 32.3 Å². The van der Waals surface area contributed by atoms with Gasteiger partial charge in [-0.05, 0) is 30.7 Å². The van der Waals surface area contributed by atoms with Crippen LogP contribution in [0.5, 0.6) is 0 Å². The van der Waals surface area contributed by atoms with E-state index in [0.29, 0.717) is 12.5 Å². The second-order valence-electron chi connectivity index (χ2n) is 4.47. The number of hydrogen-bond donors (Lipinski definition) is 2. The molecule has 0 aliphatic heterocycles. The summed E-state index contributed by atoms with van der Waals surface area (Å²) in [5, 5.41) is 13.1. The minimum Gasteiger partial charge on any atom is -0.391 e. The quantitative estimate of drug-likeness (QED) is 0.758. The van der Waals surface area contributed by atoms with Crippen molar-refractivity contribution in [3.8, 4) is 0 Å². The van der Waals surface area contributed by atoms with Crippen LogP contribution in [-0.4, -0.2) is 30.1 Å². The van der Waals surface area contributed by atoms with Crippen molar-refractivity contribution < 1.29 is 5.11 Å². The first-order valence-electron chi connectivity index (χ1n) is 5.85. The number of rotatable bonds is 7. The number of aliphatic hydroxyl groups excluding tert-OH is 1. The lowest BCUT2D eigenvalue weighted by atomic mass is 10.2. The van der Waals surface area contributed by atoms with Crippen molar-refractivity contribution in [2.24, 2.45) is 5.92 Å². The third-order valence-corrected chi connectivity index (χ3v) is 3.80. The first kappa shape index (κ1) is 15.0. The van der Waals surface area contributed by atoms with Crippen molar-refractivity contribution in [2.75, 3.05) is 18.8 Å². The molecule has 1 aromatic carbocycles. The molecule has 2 N–H and O–H groups in total. The predicted molar refractivity (Wildman–Crippen MR) is 78.6 cm³/mol. The molecule has 0 radical (unpaired) electrons. The van der Waals surface area contributed by atoms with Crippen LogP contribution >= 0.6 is 27.7 Å². The van der Waals surface area contributed by atoms with Gasteiger partial charge in [0.1, 0.15) is 0 Å². The van der Waals surface area contributed by atoms with Crippen molar-refractivity contribution in [3.63, 3.8) is 0 Å². The lowest BCUT2D eigenvalue weighted by molar-refractivity contribution is 0.194. The van der Waals surface area contributed by atoms with Crippen molar-refractivity contribution in [2.45, 2.75) is 24.8 Å². The summed E-state index contributed by atoms with van der Waals surface area (Å²) in [5.41, 5.74) is 0. The highest BCUT2D eigenvalue weighted by molar-refractivity contribution is 9.10. The number of thioether (sulfide) groups is 1. The molecule has 0 aliphatic carbocycles. The van der Waals surface area contributed by atoms with E-state index in [-0.39, 0.29) is 6.10 Å². The lowest BCUT2D eigenvalue weighted by Gasteiger charge is -2.12. The SMILES string of the molecule is CC(C)CNCC(O)CSc1cccc(Br)c1. The van der Waals surface area contributed by atoms with Crippen LogP contribution in [-0.2, 0) is 0 Å². The largest absolute Gasteiger partial charge is 0.391 e. The smallest absolute Gasteiger partial charge is 0.0758 e. The van der Waals surface area contributed by atoms with E-state index in [2.05, 4.69) is 47.2 Å². The van der Waals surface area contributed by atoms with Gasteiger partial charge >= 0.3 is 0 Å². The monoisotopic (exact) mass is 317 g/mol. The molecule has 0 amide bonds. The number of halogens is 1. The third-order valence-electron chi connectivity index (χ3n) is 2.17. The highest BCUT2D eigenvalue weighted by Gasteiger charge is 2.05. The Bertz CT molecular complexity index is 333. The minimum atomic E-state index is -0.294. The maximum Gasteiger partial charge on any atom is 0.0758 e. The zero-order chi connectivity index (χ0) is 12.7. The summed E-state index contributed by atoms with van der Waals surface area (Å²) in [6.45, 7) is 5.95. The van der Waals surface area contributed by atoms with Gasteiger partial charge in [-0.25, -0.2) is 0 Å². The summed E-state index contributed by atoms with van der Waals surface area (Å²) in [7, 11) is 0. The highest BCUT2D eigenvalue weighted by atomic mass is 79.9. The molecule has 0 spiro atoms. The number of aliphatic hydroxyl groups is 1. The van der Waals surface area contributed by atoms with E-state index < -0.39 is 0 Å². The molecule has 2 nitrogen and oxygen atoms in total. The van der Waals surface area contributed by atoms with Crippen LogP contribution in [0.1, 0.15) is 13.8 Å². The first-order chi connectivity index (χ1) is 8.08. The molecule has 0 saturated carbocycles. The maximum atomic E-state index is 9.80. The van der Waals surface area contributed by atoms with Crippen LogP contribution in [0.15, 0.2) is 33.6 Å². The van der Waals surface area contributed by atoms with Gasteiger partial charge in [-0.3, -0.25) is 0 Å². The van der Waals surface area contributed by atoms with Gasteiger partial charge in [0.25, 0.3) is 0 Å². The van der Waals surface area contributed by atoms with Crippen molar-refractivity contribution in [1.82, 2.24) is 5.32 Å². The Balaban J connectivity index is 2.21. The third kappa shape index (κ3) is 7.09. The Morgan fingerprint density at radius 3 is 2.76 bits per heavy atom. The van der Waals surface area contributed by atoms with Crippen LogP contribution in [0, 0.1) is 5.92 Å². The van der Waals surface area contributed by atoms with Gasteiger partial charge in [0.2, 0.25) is 0 Å². The Morgan fingerprint density at radius 1 is 1.35 bits per heavy atom. The fourth-order valence-corrected chi connectivity index (χ4v) is 2.79. The molecule has 96 valence electrons. The van der Waals surface area contributed by atoms with Crippen LogP contribution in [0.2, 0.25) is 0 Å². The number of nitrogens with one attached hydrogen (secondary N) is 1. The van der Waals surface area contributed by atoms with Crippen LogP contribution in [0.3, 0.4) is 0 Å². The molecule has 17 heavy (non-hydrogen) atoms. The molecule has 1 rings (SSSR count). The summed E-state index contributed by atoms with van der Waals surface area (Å²) in [4.78, 5) is 1.18.